The van der Waals surface area contributed by atoms with Crippen LogP contribution in [-0.4, -0.2) is 4.90 Å². The van der Waals surface area contributed by atoms with Gasteiger partial charge in [-0.1, -0.05) is 54.6 Å². The average molecular weight is 539 g/mol. The minimum atomic E-state index is 0.956. The molecule has 3 rings (SSSR count). The molecular weight excluding hydrogens is 520 g/mol. The zero-order valence-corrected chi connectivity index (χ0v) is 17.6. The van der Waals surface area contributed by atoms with Crippen molar-refractivity contribution in [2.24, 2.45) is 0 Å². The van der Waals surface area contributed by atoms with Crippen molar-refractivity contribution in [2.75, 3.05) is 0 Å². The van der Waals surface area contributed by atoms with Crippen LogP contribution in [0.15, 0.2) is 78.9 Å². The largest absolute Gasteiger partial charge is 0.291 e. The zero-order valence-electron chi connectivity index (χ0n) is 13.3. The van der Waals surface area contributed by atoms with Crippen molar-refractivity contribution in [2.45, 2.75) is 19.6 Å². The Morgan fingerprint density at radius 3 is 1.29 bits per heavy atom. The Morgan fingerprint density at radius 2 is 0.875 bits per heavy atom. The van der Waals surface area contributed by atoms with Crippen molar-refractivity contribution < 1.29 is 0 Å². The van der Waals surface area contributed by atoms with E-state index in [1.807, 2.05) is 0 Å². The second-order valence-electron chi connectivity index (χ2n) is 5.88. The fraction of sp³-hybridized carbons (Fsp3) is 0.143. The summed E-state index contributed by atoms with van der Waals surface area (Å²) in [5, 5.41) is 0. The van der Waals surface area contributed by atoms with Crippen molar-refractivity contribution >= 4 is 45.2 Å². The number of nitrogens with zero attached hydrogens (tertiary/aromatic N) is 1. The van der Waals surface area contributed by atoms with Crippen LogP contribution in [0.25, 0.3) is 0 Å². The Hall–Kier alpha value is -0.920. The van der Waals surface area contributed by atoms with Gasteiger partial charge in [0.15, 0.2) is 0 Å². The molecule has 0 aliphatic rings. The van der Waals surface area contributed by atoms with Gasteiger partial charge in [0.05, 0.1) is 0 Å². The van der Waals surface area contributed by atoms with Gasteiger partial charge in [-0.25, -0.2) is 0 Å². The minimum Gasteiger partial charge on any atom is -0.291 e. The van der Waals surface area contributed by atoms with E-state index in [9.17, 15) is 0 Å². The lowest BCUT2D eigenvalue weighted by Crippen LogP contribution is -2.22. The summed E-state index contributed by atoms with van der Waals surface area (Å²) in [4.78, 5) is 2.50. The smallest absolute Gasteiger partial charge is 0.0240 e. The van der Waals surface area contributed by atoms with Gasteiger partial charge in [0.2, 0.25) is 0 Å². The molecule has 0 saturated heterocycles. The topological polar surface area (TPSA) is 3.24 Å². The van der Waals surface area contributed by atoms with Crippen molar-refractivity contribution in [3.63, 3.8) is 0 Å². The van der Waals surface area contributed by atoms with Gasteiger partial charge in [-0.15, -0.1) is 0 Å². The average Bonchev–Trinajstić information content (AvgIpc) is 2.60. The van der Waals surface area contributed by atoms with Gasteiger partial charge in [0.25, 0.3) is 0 Å². The van der Waals surface area contributed by atoms with E-state index in [4.69, 9.17) is 0 Å². The van der Waals surface area contributed by atoms with Crippen LogP contribution < -0.4 is 0 Å². The first kappa shape index (κ1) is 17.9. The number of hydrogen-bond acceptors (Lipinski definition) is 1. The van der Waals surface area contributed by atoms with Crippen LogP contribution in [0.5, 0.6) is 0 Å². The second-order valence-corrected chi connectivity index (χ2v) is 8.37. The Bertz CT molecular complexity index is 705. The Kier molecular flexibility index (Phi) is 6.68. The molecular formula is C21H19I2N. The van der Waals surface area contributed by atoms with Crippen LogP contribution in [0.4, 0.5) is 0 Å². The molecule has 3 heteroatoms. The van der Waals surface area contributed by atoms with Crippen molar-refractivity contribution in [1.82, 2.24) is 4.90 Å². The van der Waals surface area contributed by atoms with Crippen LogP contribution in [0.1, 0.15) is 16.7 Å². The summed E-state index contributed by atoms with van der Waals surface area (Å²) in [6, 6.07) is 28.4. The lowest BCUT2D eigenvalue weighted by atomic mass is 10.1. The Morgan fingerprint density at radius 1 is 0.500 bits per heavy atom. The summed E-state index contributed by atoms with van der Waals surface area (Å²) in [6.45, 7) is 2.87. The molecule has 0 aromatic heterocycles. The van der Waals surface area contributed by atoms with E-state index in [-0.39, 0.29) is 0 Å². The highest BCUT2D eigenvalue weighted by Crippen LogP contribution is 2.16. The highest BCUT2D eigenvalue weighted by atomic mass is 127. The fourth-order valence-corrected chi connectivity index (χ4v) is 3.42. The number of benzene rings is 3. The molecule has 1 nitrogen and oxygen atoms in total. The normalized spacial score (nSPS) is 11.0. The maximum atomic E-state index is 2.50. The summed E-state index contributed by atoms with van der Waals surface area (Å²) in [7, 11) is 0. The van der Waals surface area contributed by atoms with Crippen molar-refractivity contribution in [3.05, 3.63) is 103 Å². The number of rotatable bonds is 6. The van der Waals surface area contributed by atoms with Gasteiger partial charge in [0.1, 0.15) is 0 Å². The van der Waals surface area contributed by atoms with E-state index in [1.165, 1.54) is 23.8 Å². The van der Waals surface area contributed by atoms with Crippen LogP contribution in [0.3, 0.4) is 0 Å². The van der Waals surface area contributed by atoms with Crippen LogP contribution in [0.2, 0.25) is 0 Å². The third kappa shape index (κ3) is 5.57. The zero-order chi connectivity index (χ0) is 16.8. The summed E-state index contributed by atoms with van der Waals surface area (Å²) in [6.07, 6.45) is 0. The first-order valence-electron chi connectivity index (χ1n) is 7.94. The van der Waals surface area contributed by atoms with Gasteiger partial charge in [-0.3, -0.25) is 4.90 Å². The fourth-order valence-electron chi connectivity index (χ4n) is 2.71. The van der Waals surface area contributed by atoms with Crippen molar-refractivity contribution in [3.8, 4) is 0 Å². The molecule has 0 N–H and O–H groups in total. The molecule has 3 aromatic rings. The Balaban J connectivity index is 1.76. The van der Waals surface area contributed by atoms with E-state index in [0.29, 0.717) is 0 Å². The van der Waals surface area contributed by atoms with Crippen LogP contribution in [0, 0.1) is 7.14 Å². The lowest BCUT2D eigenvalue weighted by Gasteiger charge is -2.23. The monoisotopic (exact) mass is 539 g/mol. The molecule has 3 aromatic carbocycles. The minimum absolute atomic E-state index is 0.956. The molecule has 0 unspecified atom stereocenters. The third-order valence-electron chi connectivity index (χ3n) is 3.89. The first-order chi connectivity index (χ1) is 11.7. The third-order valence-corrected chi connectivity index (χ3v) is 5.33. The Labute approximate surface area is 171 Å². The van der Waals surface area contributed by atoms with E-state index < -0.39 is 0 Å². The summed E-state index contributed by atoms with van der Waals surface area (Å²) in [5.41, 5.74) is 4.07. The molecule has 0 bridgehead atoms. The number of hydrogen-bond donors (Lipinski definition) is 0. The highest BCUT2D eigenvalue weighted by Gasteiger charge is 2.08. The van der Waals surface area contributed by atoms with Gasteiger partial charge in [0, 0.05) is 26.8 Å². The summed E-state index contributed by atoms with van der Waals surface area (Å²) >= 11 is 4.71. The lowest BCUT2D eigenvalue weighted by molar-refractivity contribution is 0.247. The van der Waals surface area contributed by atoms with Gasteiger partial charge >= 0.3 is 0 Å². The molecule has 0 aliphatic heterocycles. The predicted molar refractivity (Wildman–Crippen MR) is 118 cm³/mol. The molecule has 0 atom stereocenters. The molecule has 0 saturated carbocycles. The molecule has 0 fully saturated rings. The van der Waals surface area contributed by atoms with E-state index in [0.717, 1.165) is 19.6 Å². The second kappa shape index (κ2) is 8.97. The molecule has 24 heavy (non-hydrogen) atoms. The van der Waals surface area contributed by atoms with Crippen LogP contribution >= 0.6 is 45.2 Å². The van der Waals surface area contributed by atoms with Gasteiger partial charge in [-0.05, 0) is 86.1 Å². The van der Waals surface area contributed by atoms with Crippen LogP contribution in [-0.2, 0) is 19.6 Å². The molecule has 0 heterocycles. The summed E-state index contributed by atoms with van der Waals surface area (Å²) < 4.78 is 2.56. The van der Waals surface area contributed by atoms with Gasteiger partial charge < -0.3 is 0 Å². The summed E-state index contributed by atoms with van der Waals surface area (Å²) in [5.74, 6) is 0. The van der Waals surface area contributed by atoms with E-state index >= 15 is 0 Å². The molecule has 0 spiro atoms. The molecule has 0 amide bonds. The standard InChI is InChI=1S/C21H19I2N/c22-20-10-6-18(7-11-20)15-24(14-17-4-2-1-3-5-17)16-19-8-12-21(23)13-9-19/h1-13H,14-16H2. The SMILES string of the molecule is Ic1ccc(CN(Cc2ccccc2)Cc2ccc(I)cc2)cc1. The number of halogens is 2. The van der Waals surface area contributed by atoms with E-state index in [2.05, 4.69) is 129 Å². The molecule has 122 valence electrons. The first-order valence-corrected chi connectivity index (χ1v) is 10.1. The maximum Gasteiger partial charge on any atom is 0.0240 e. The van der Waals surface area contributed by atoms with Crippen molar-refractivity contribution in [1.29, 1.82) is 0 Å². The van der Waals surface area contributed by atoms with Gasteiger partial charge in [-0.2, -0.15) is 0 Å². The molecule has 0 radical (unpaired) electrons. The highest BCUT2D eigenvalue weighted by molar-refractivity contribution is 14.1. The predicted octanol–water partition coefficient (Wildman–Crippen LogP) is 6.10. The quantitative estimate of drug-likeness (QED) is 0.343. The van der Waals surface area contributed by atoms with E-state index in [1.54, 1.807) is 0 Å². The molecule has 0 aliphatic carbocycles. The maximum absolute atomic E-state index is 2.50.